The number of pyridine rings is 3. The van der Waals surface area contributed by atoms with Gasteiger partial charge in [0, 0.05) is 144 Å². The molecule has 14 nitrogen and oxygen atoms in total. The monoisotopic (exact) mass is 1090 g/mol. The summed E-state index contributed by atoms with van der Waals surface area (Å²) in [4.78, 5) is 68.0. The second kappa shape index (κ2) is 27.9. The molecule has 1 radical (unpaired) electrons. The number of allylic oxidation sites excluding steroid dienone is 2. The molecule has 3 fully saturated rings. The number of piperidine rings is 1. The lowest BCUT2D eigenvalue weighted by Gasteiger charge is -2.43. The number of rotatable bonds is 15. The molecule has 80 heavy (non-hydrogen) atoms. The second-order valence-corrected chi connectivity index (χ2v) is 20.9. The van der Waals surface area contributed by atoms with Crippen LogP contribution in [0.4, 0.5) is 21.6 Å². The summed E-state index contributed by atoms with van der Waals surface area (Å²) in [5.74, 6) is 1.33. The third kappa shape index (κ3) is 14.7. The Morgan fingerprint density at radius 1 is 0.738 bits per heavy atom. The number of carbonyl (C=O) groups excluding carboxylic acids is 4. The zero-order valence-corrected chi connectivity index (χ0v) is 48.5. The van der Waals surface area contributed by atoms with Crippen LogP contribution in [0, 0.1) is 41.8 Å². The largest absolute Gasteiger partial charge is 0.369 e. The lowest BCUT2D eigenvalue weighted by atomic mass is 9.72. The first-order valence-electron chi connectivity index (χ1n) is 28.7. The van der Waals surface area contributed by atoms with Crippen LogP contribution in [-0.4, -0.2) is 118 Å². The normalized spacial score (nSPS) is 15.9. The minimum atomic E-state index is -0.183. The molecule has 2 amide bonds. The van der Waals surface area contributed by atoms with Crippen LogP contribution in [0.3, 0.4) is 0 Å². The van der Waals surface area contributed by atoms with Crippen LogP contribution in [0.2, 0.25) is 0 Å². The average molecular weight is 1090 g/mol. The highest BCUT2D eigenvalue weighted by molar-refractivity contribution is 5.88. The Morgan fingerprint density at radius 2 is 1.39 bits per heavy atom. The molecule has 1 unspecified atom stereocenters. The number of benzene rings is 2. The fraction of sp³-hybridized carbons (Fsp3) is 0.431. The van der Waals surface area contributed by atoms with E-state index in [9.17, 15) is 28.8 Å². The van der Waals surface area contributed by atoms with Gasteiger partial charge in [0.2, 0.25) is 11.8 Å². The van der Waals surface area contributed by atoms with E-state index in [0.717, 1.165) is 102 Å². The zero-order chi connectivity index (χ0) is 57.5. The van der Waals surface area contributed by atoms with Crippen molar-refractivity contribution in [3.8, 4) is 28.3 Å². The Kier molecular flexibility index (Phi) is 20.9. The van der Waals surface area contributed by atoms with Crippen LogP contribution in [-0.2, 0) is 32.0 Å². The molecule has 4 aromatic heterocycles. The molecule has 0 bridgehead atoms. The van der Waals surface area contributed by atoms with Crippen LogP contribution < -0.4 is 14.7 Å². The number of hydrogen-bond donors (Lipinski definition) is 0. The van der Waals surface area contributed by atoms with E-state index >= 15 is 0 Å². The molecule has 6 aromatic rings. The lowest BCUT2D eigenvalue weighted by molar-refractivity contribution is -0.134. The molecular formula is C65H82FN10O4. The summed E-state index contributed by atoms with van der Waals surface area (Å²) in [7, 11) is 0. The second-order valence-electron chi connectivity index (χ2n) is 20.9. The topological polar surface area (TPSA) is 151 Å². The van der Waals surface area contributed by atoms with Gasteiger partial charge in [0.25, 0.3) is 0 Å². The predicted molar refractivity (Wildman–Crippen MR) is 320 cm³/mol. The molecule has 0 saturated carbocycles. The molecule has 0 spiro atoms. The van der Waals surface area contributed by atoms with Gasteiger partial charge in [-0.25, -0.2) is 13.9 Å². The molecule has 1 atom stereocenters. The van der Waals surface area contributed by atoms with Crippen LogP contribution in [0.1, 0.15) is 111 Å². The Balaban J connectivity index is 0.000000633. The average Bonchev–Trinajstić information content (AvgIpc) is 4.31. The van der Waals surface area contributed by atoms with Crippen molar-refractivity contribution >= 4 is 46.1 Å². The van der Waals surface area contributed by atoms with Gasteiger partial charge in [-0.05, 0) is 112 Å². The molecular weight excluding hydrogens is 1000 g/mol. The highest BCUT2D eigenvalue weighted by Gasteiger charge is 2.44. The van der Waals surface area contributed by atoms with Crippen molar-refractivity contribution in [2.75, 3.05) is 80.1 Å². The number of amides is 2. The van der Waals surface area contributed by atoms with Gasteiger partial charge in [0.1, 0.15) is 29.3 Å². The molecule has 15 heteroatoms. The van der Waals surface area contributed by atoms with Gasteiger partial charge in [-0.15, -0.1) is 0 Å². The minimum Gasteiger partial charge on any atom is -0.369 e. The molecule has 4 aliphatic rings. The van der Waals surface area contributed by atoms with E-state index in [4.69, 9.17) is 4.98 Å². The Hall–Kier alpha value is -7.73. The number of aromatic nitrogens is 4. The van der Waals surface area contributed by atoms with Gasteiger partial charge < -0.3 is 29.3 Å². The summed E-state index contributed by atoms with van der Waals surface area (Å²) in [6.07, 6.45) is 16.2. The van der Waals surface area contributed by atoms with Gasteiger partial charge in [-0.1, -0.05) is 77.5 Å². The van der Waals surface area contributed by atoms with Crippen molar-refractivity contribution in [1.82, 2.24) is 29.4 Å². The molecule has 7 heterocycles. The van der Waals surface area contributed by atoms with Crippen LogP contribution in [0.25, 0.3) is 27.8 Å². The maximum absolute atomic E-state index is 14.8. The minimum absolute atomic E-state index is 0. The SMILES string of the molecule is CC.CC.CC(=O)CCC(C)C(C)=O.CCc1ccc(CC(=O)N2CCN(c3ccc(-c4cc(-c5ccc(N6CCN(C(=O)CC7(C8=C[CH]8)CCN(c8ccc(C)cc8F)CC7)CC6)cc5)cn5ncc(C#N)c45)cn3)CC2)nc1.[HH]. The molecule has 0 N–H and O–H groups in total. The molecule has 2 aromatic carbocycles. The van der Waals surface area contributed by atoms with Crippen molar-refractivity contribution in [1.29, 1.82) is 5.26 Å². The lowest BCUT2D eigenvalue weighted by Crippen LogP contribution is -2.50. The van der Waals surface area contributed by atoms with E-state index in [0.29, 0.717) is 76.2 Å². The van der Waals surface area contributed by atoms with Crippen molar-refractivity contribution < 1.29 is 25.0 Å². The summed E-state index contributed by atoms with van der Waals surface area (Å²) in [5.41, 5.74) is 10.7. The Bertz CT molecular complexity index is 3150. The Labute approximate surface area is 474 Å². The highest BCUT2D eigenvalue weighted by Crippen LogP contribution is 2.49. The molecule has 1 aliphatic carbocycles. The number of nitrogens with zero attached hydrogens (tertiary/aromatic N) is 10. The molecule has 423 valence electrons. The van der Waals surface area contributed by atoms with E-state index in [1.807, 2.05) is 106 Å². The molecule has 3 saturated heterocycles. The van der Waals surface area contributed by atoms with E-state index in [1.165, 1.54) is 5.57 Å². The quantitative estimate of drug-likeness (QED) is 0.0966. The van der Waals surface area contributed by atoms with Gasteiger partial charge in [0.15, 0.2) is 0 Å². The first-order valence-corrected chi connectivity index (χ1v) is 28.7. The maximum atomic E-state index is 14.8. The zero-order valence-electron chi connectivity index (χ0n) is 48.5. The maximum Gasteiger partial charge on any atom is 0.228 e. The third-order valence-electron chi connectivity index (χ3n) is 15.8. The smallest absolute Gasteiger partial charge is 0.228 e. The number of carbonyl (C=O) groups is 4. The Morgan fingerprint density at radius 3 is 1.95 bits per heavy atom. The number of ketones is 2. The molecule has 3 aliphatic heterocycles. The van der Waals surface area contributed by atoms with Crippen LogP contribution in [0.15, 0.2) is 109 Å². The van der Waals surface area contributed by atoms with Gasteiger partial charge in [-0.3, -0.25) is 19.4 Å². The van der Waals surface area contributed by atoms with Gasteiger partial charge >= 0.3 is 0 Å². The summed E-state index contributed by atoms with van der Waals surface area (Å²) in [5, 5.41) is 14.6. The first kappa shape index (κ1) is 59.9. The number of anilines is 3. The van der Waals surface area contributed by atoms with E-state index in [2.05, 4.69) is 80.6 Å². The van der Waals surface area contributed by atoms with E-state index in [1.54, 1.807) is 30.6 Å². The standard InChI is InChI=1S/C53H54FN10O2.C8H14O2.2C2H6.H2/c1-3-38-5-11-44(56-33-38)30-50(65)62-26-22-61(23-27-62)49-15-8-40(34-57-49)46-29-41(36-64-52(46)42(32-55)35-58-64)39-6-12-45(13-7-39)59-20-24-63(25-21-59)51(66)31-53(43-9-10-43)16-18-60(19-17-53)48-14-4-37(2)28-47(48)54;1-6(8(3)10)4-5-7(2)9;2*1-2;/h4-15,28-29,33-36H,3,16-27,30-31H2,1-2H3;6H,4-5H2,1-3H3;2*1-2H3;1H. The van der Waals surface area contributed by atoms with E-state index in [-0.39, 0.29) is 42.0 Å². The summed E-state index contributed by atoms with van der Waals surface area (Å²) in [6.45, 7) is 23.8. The van der Waals surface area contributed by atoms with Crippen LogP contribution in [0.5, 0.6) is 0 Å². The van der Waals surface area contributed by atoms with Crippen LogP contribution >= 0.6 is 0 Å². The number of hydrogen-bond acceptors (Lipinski definition) is 11. The highest BCUT2D eigenvalue weighted by atomic mass is 19.1. The number of Topliss-reactive ketones (excluding diaryl/α,β-unsaturated/α-hetero) is 2. The van der Waals surface area contributed by atoms with Gasteiger partial charge in [-0.2, -0.15) is 10.4 Å². The number of halogens is 1. The van der Waals surface area contributed by atoms with Crippen molar-refractivity contribution in [2.45, 2.75) is 107 Å². The first-order chi connectivity index (χ1) is 38.7. The fourth-order valence-corrected chi connectivity index (χ4v) is 10.6. The van der Waals surface area contributed by atoms with Crippen molar-refractivity contribution in [2.24, 2.45) is 11.3 Å². The third-order valence-corrected chi connectivity index (χ3v) is 15.8. The number of aryl methyl sites for hydroxylation is 2. The molecule has 10 rings (SSSR count). The number of nitriles is 1. The summed E-state index contributed by atoms with van der Waals surface area (Å²) < 4.78 is 16.6. The summed E-state index contributed by atoms with van der Waals surface area (Å²) in [6, 6.07) is 26.4. The van der Waals surface area contributed by atoms with Crippen molar-refractivity contribution in [3.05, 3.63) is 144 Å². The predicted octanol–water partition coefficient (Wildman–Crippen LogP) is 11.6. The fourth-order valence-electron chi connectivity index (χ4n) is 10.6. The number of fused-ring (bicyclic) bond motifs is 1. The van der Waals surface area contributed by atoms with E-state index < -0.39 is 0 Å². The summed E-state index contributed by atoms with van der Waals surface area (Å²) >= 11 is 0. The van der Waals surface area contributed by atoms with Crippen molar-refractivity contribution in [3.63, 3.8) is 0 Å². The number of piperazine rings is 2. The van der Waals surface area contributed by atoms with Gasteiger partial charge in [0.05, 0.1) is 29.4 Å².